The molecule has 0 N–H and O–H groups in total. The minimum absolute atomic E-state index is 0.381. The largest absolute Gasteiger partial charge is 0.243 e. The number of nitrogens with zero attached hydrogens (tertiary/aromatic N) is 1. The van der Waals surface area contributed by atoms with E-state index in [0.29, 0.717) is 11.4 Å². The van der Waals surface area contributed by atoms with E-state index in [0.717, 1.165) is 13.0 Å². The Kier molecular flexibility index (Phi) is 2.40. The minimum atomic E-state index is 0.381. The zero-order valence-electron chi connectivity index (χ0n) is 4.77. The first-order chi connectivity index (χ1) is 3.72. The topological polar surface area (TPSA) is 3.24 Å². The van der Waals surface area contributed by atoms with Crippen LogP contribution in [0.4, 0.5) is 0 Å². The third-order valence-electron chi connectivity index (χ3n) is 1.58. The Morgan fingerprint density at radius 1 is 1.75 bits per heavy atom. The Bertz CT molecular complexity index is 78.5. The second kappa shape index (κ2) is 2.71. The van der Waals surface area contributed by atoms with E-state index in [9.17, 15) is 0 Å². The molecule has 0 aromatic rings. The van der Waals surface area contributed by atoms with Gasteiger partial charge in [0.1, 0.15) is 0 Å². The summed E-state index contributed by atoms with van der Waals surface area (Å²) >= 11 is 8.23. The molecule has 1 aliphatic heterocycles. The van der Waals surface area contributed by atoms with Crippen LogP contribution >= 0.6 is 34.5 Å². The van der Waals surface area contributed by atoms with Gasteiger partial charge in [0.2, 0.25) is 0 Å². The summed E-state index contributed by atoms with van der Waals surface area (Å²) in [5, 5.41) is 0.381. The Morgan fingerprint density at radius 3 is 2.50 bits per heavy atom. The summed E-state index contributed by atoms with van der Waals surface area (Å²) in [5.74, 6) is 0. The number of hydrogen-bond acceptors (Lipinski definition) is 1. The molecule has 0 radical (unpaired) electrons. The maximum Gasteiger partial charge on any atom is 0.0509 e. The van der Waals surface area contributed by atoms with Crippen LogP contribution in [-0.4, -0.2) is 21.1 Å². The molecule has 0 saturated carbocycles. The van der Waals surface area contributed by atoms with Crippen LogP contribution in [-0.2, 0) is 0 Å². The van der Waals surface area contributed by atoms with Crippen molar-refractivity contribution >= 4 is 34.5 Å². The highest BCUT2D eigenvalue weighted by atomic mass is 127. The molecule has 1 unspecified atom stereocenters. The standard InChI is InChI=1S/C5H9ClIN/c1-4-5(6)2-3-8(4)7/h4-5H,2-3H2,1H3/t4?,5-/m1/s1. The highest BCUT2D eigenvalue weighted by Crippen LogP contribution is 2.24. The van der Waals surface area contributed by atoms with Gasteiger partial charge in [-0.15, -0.1) is 11.6 Å². The average molecular weight is 245 g/mol. The normalized spacial score (nSPS) is 40.9. The lowest BCUT2D eigenvalue weighted by Gasteiger charge is -2.12. The van der Waals surface area contributed by atoms with Gasteiger partial charge in [0, 0.05) is 35.5 Å². The van der Waals surface area contributed by atoms with Crippen LogP contribution in [0.5, 0.6) is 0 Å². The molecular weight excluding hydrogens is 236 g/mol. The molecule has 0 aromatic heterocycles. The first kappa shape index (κ1) is 7.09. The van der Waals surface area contributed by atoms with Crippen LogP contribution in [0.1, 0.15) is 13.3 Å². The summed E-state index contributed by atoms with van der Waals surface area (Å²) in [7, 11) is 0. The summed E-state index contributed by atoms with van der Waals surface area (Å²) in [4.78, 5) is 0. The molecule has 8 heavy (non-hydrogen) atoms. The van der Waals surface area contributed by atoms with Crippen LogP contribution in [0, 0.1) is 0 Å². The molecule has 2 atom stereocenters. The number of rotatable bonds is 0. The molecule has 0 bridgehead atoms. The van der Waals surface area contributed by atoms with Gasteiger partial charge in [-0.05, 0) is 13.3 Å². The van der Waals surface area contributed by atoms with Crippen LogP contribution in [0.15, 0.2) is 0 Å². The zero-order chi connectivity index (χ0) is 6.15. The van der Waals surface area contributed by atoms with Crippen molar-refractivity contribution in [3.8, 4) is 0 Å². The van der Waals surface area contributed by atoms with E-state index in [1.165, 1.54) is 0 Å². The fourth-order valence-electron chi connectivity index (χ4n) is 0.867. The van der Waals surface area contributed by atoms with Gasteiger partial charge in [-0.1, -0.05) is 0 Å². The maximum atomic E-state index is 5.91. The fraction of sp³-hybridized carbons (Fsp3) is 1.00. The van der Waals surface area contributed by atoms with E-state index in [-0.39, 0.29) is 0 Å². The van der Waals surface area contributed by atoms with Crippen molar-refractivity contribution in [1.82, 2.24) is 3.11 Å². The molecule has 1 aliphatic rings. The van der Waals surface area contributed by atoms with Crippen LogP contribution in [0.2, 0.25) is 0 Å². The Hall–Kier alpha value is 0.980. The Morgan fingerprint density at radius 2 is 2.38 bits per heavy atom. The van der Waals surface area contributed by atoms with Gasteiger partial charge in [0.05, 0.1) is 5.38 Å². The lowest BCUT2D eigenvalue weighted by Crippen LogP contribution is -2.20. The van der Waals surface area contributed by atoms with Crippen LogP contribution < -0.4 is 0 Å². The predicted molar refractivity (Wildman–Crippen MR) is 44.4 cm³/mol. The van der Waals surface area contributed by atoms with Gasteiger partial charge in [-0.2, -0.15) is 0 Å². The summed E-state index contributed by atoms with van der Waals surface area (Å²) in [6.07, 6.45) is 1.14. The van der Waals surface area contributed by atoms with Crippen molar-refractivity contribution in [2.45, 2.75) is 24.8 Å². The summed E-state index contributed by atoms with van der Waals surface area (Å²) in [6, 6.07) is 0.567. The maximum absolute atomic E-state index is 5.91. The lowest BCUT2D eigenvalue weighted by atomic mass is 10.2. The highest BCUT2D eigenvalue weighted by Gasteiger charge is 2.26. The Balaban J connectivity index is 2.44. The molecule has 1 heterocycles. The first-order valence-corrected chi connectivity index (χ1v) is 4.18. The molecule has 1 saturated heterocycles. The zero-order valence-corrected chi connectivity index (χ0v) is 7.69. The number of halogens is 2. The third-order valence-corrected chi connectivity index (χ3v) is 3.53. The monoisotopic (exact) mass is 245 g/mol. The van der Waals surface area contributed by atoms with Crippen molar-refractivity contribution in [3.63, 3.8) is 0 Å². The van der Waals surface area contributed by atoms with Gasteiger partial charge in [0.25, 0.3) is 0 Å². The van der Waals surface area contributed by atoms with Crippen molar-refractivity contribution in [2.24, 2.45) is 0 Å². The molecule has 0 spiro atoms. The summed E-state index contributed by atoms with van der Waals surface area (Å²) in [6.45, 7) is 3.31. The molecule has 1 fully saturated rings. The molecule has 0 amide bonds. The van der Waals surface area contributed by atoms with E-state index in [1.807, 2.05) is 0 Å². The molecule has 1 nitrogen and oxygen atoms in total. The smallest absolute Gasteiger partial charge is 0.0509 e. The number of alkyl halides is 1. The summed E-state index contributed by atoms with van der Waals surface area (Å²) in [5.41, 5.74) is 0. The molecule has 48 valence electrons. The fourth-order valence-corrected chi connectivity index (χ4v) is 1.96. The highest BCUT2D eigenvalue weighted by molar-refractivity contribution is 14.1. The number of hydrogen-bond donors (Lipinski definition) is 0. The molecule has 3 heteroatoms. The van der Waals surface area contributed by atoms with Crippen molar-refractivity contribution in [2.75, 3.05) is 6.54 Å². The van der Waals surface area contributed by atoms with Crippen molar-refractivity contribution < 1.29 is 0 Å². The third kappa shape index (κ3) is 1.28. The van der Waals surface area contributed by atoms with Crippen LogP contribution in [0.25, 0.3) is 0 Å². The Labute approximate surface area is 68.9 Å². The summed E-state index contributed by atoms with van der Waals surface area (Å²) < 4.78 is 2.26. The van der Waals surface area contributed by atoms with E-state index < -0.39 is 0 Å². The second-order valence-electron chi connectivity index (χ2n) is 2.17. The predicted octanol–water partition coefficient (Wildman–Crippen LogP) is 2.04. The quantitative estimate of drug-likeness (QED) is 0.359. The van der Waals surface area contributed by atoms with E-state index in [4.69, 9.17) is 11.6 Å². The minimum Gasteiger partial charge on any atom is -0.243 e. The molecular formula is C5H9ClIN. The van der Waals surface area contributed by atoms with Gasteiger partial charge in [-0.25, -0.2) is 3.11 Å². The molecule has 1 rings (SSSR count). The van der Waals surface area contributed by atoms with E-state index >= 15 is 0 Å². The van der Waals surface area contributed by atoms with E-state index in [2.05, 4.69) is 32.9 Å². The first-order valence-electron chi connectivity index (χ1n) is 2.78. The average Bonchev–Trinajstić information content (AvgIpc) is 1.98. The van der Waals surface area contributed by atoms with Crippen molar-refractivity contribution in [1.29, 1.82) is 0 Å². The van der Waals surface area contributed by atoms with Gasteiger partial charge >= 0.3 is 0 Å². The lowest BCUT2D eigenvalue weighted by molar-refractivity contribution is 0.507. The molecule has 0 aliphatic carbocycles. The SMILES string of the molecule is CC1[C@H](Cl)CCN1I. The van der Waals surface area contributed by atoms with Crippen molar-refractivity contribution in [3.05, 3.63) is 0 Å². The van der Waals surface area contributed by atoms with Gasteiger partial charge < -0.3 is 0 Å². The van der Waals surface area contributed by atoms with Crippen LogP contribution in [0.3, 0.4) is 0 Å². The molecule has 0 aromatic carbocycles. The second-order valence-corrected chi connectivity index (χ2v) is 3.97. The van der Waals surface area contributed by atoms with Gasteiger partial charge in [0.15, 0.2) is 0 Å². The van der Waals surface area contributed by atoms with E-state index in [1.54, 1.807) is 0 Å². The van der Waals surface area contributed by atoms with Gasteiger partial charge in [-0.3, -0.25) is 0 Å².